The predicted octanol–water partition coefficient (Wildman–Crippen LogP) is 1.06. The molecule has 0 amide bonds. The summed E-state index contributed by atoms with van der Waals surface area (Å²) in [4.78, 5) is 0. The lowest BCUT2D eigenvalue weighted by Gasteiger charge is -2.30. The molecule has 1 aliphatic rings. The molecule has 1 saturated heterocycles. The van der Waals surface area contributed by atoms with Gasteiger partial charge in [0.15, 0.2) is 0 Å². The molecule has 0 bridgehead atoms. The SMILES string of the molecule is COC1CCN(S(=O)(=O)CCCCl)CC1. The molecule has 0 spiro atoms. The maximum absolute atomic E-state index is 11.8. The second-order valence-corrected chi connectivity index (χ2v) is 6.16. The van der Waals surface area contributed by atoms with Gasteiger partial charge in [0.2, 0.25) is 10.0 Å². The van der Waals surface area contributed by atoms with Crippen molar-refractivity contribution in [3.05, 3.63) is 0 Å². The smallest absolute Gasteiger partial charge is 0.214 e. The van der Waals surface area contributed by atoms with Gasteiger partial charge in [0, 0.05) is 26.1 Å². The molecule has 0 aromatic heterocycles. The molecule has 90 valence electrons. The van der Waals surface area contributed by atoms with Gasteiger partial charge in [-0.15, -0.1) is 11.6 Å². The van der Waals surface area contributed by atoms with Crippen molar-refractivity contribution < 1.29 is 13.2 Å². The van der Waals surface area contributed by atoms with Crippen LogP contribution < -0.4 is 0 Å². The Balaban J connectivity index is 2.45. The van der Waals surface area contributed by atoms with Gasteiger partial charge >= 0.3 is 0 Å². The minimum absolute atomic E-state index is 0.161. The summed E-state index contributed by atoms with van der Waals surface area (Å²) in [6.45, 7) is 1.15. The summed E-state index contributed by atoms with van der Waals surface area (Å²) in [5.41, 5.74) is 0. The van der Waals surface area contributed by atoms with Gasteiger partial charge in [0.05, 0.1) is 11.9 Å². The van der Waals surface area contributed by atoms with Crippen LogP contribution in [0, 0.1) is 0 Å². The van der Waals surface area contributed by atoms with E-state index in [1.807, 2.05) is 0 Å². The summed E-state index contributed by atoms with van der Waals surface area (Å²) in [6.07, 6.45) is 2.31. The highest BCUT2D eigenvalue weighted by molar-refractivity contribution is 7.89. The highest BCUT2D eigenvalue weighted by Gasteiger charge is 2.27. The van der Waals surface area contributed by atoms with E-state index in [1.165, 1.54) is 0 Å². The van der Waals surface area contributed by atoms with Crippen LogP contribution in [0.25, 0.3) is 0 Å². The van der Waals surface area contributed by atoms with Crippen molar-refractivity contribution in [1.82, 2.24) is 4.31 Å². The van der Waals surface area contributed by atoms with E-state index >= 15 is 0 Å². The third kappa shape index (κ3) is 3.90. The molecule has 1 rings (SSSR count). The summed E-state index contributed by atoms with van der Waals surface area (Å²) < 4.78 is 30.3. The van der Waals surface area contributed by atoms with Crippen LogP contribution in [-0.2, 0) is 14.8 Å². The maximum Gasteiger partial charge on any atom is 0.214 e. The van der Waals surface area contributed by atoms with Crippen LogP contribution in [0.15, 0.2) is 0 Å². The van der Waals surface area contributed by atoms with E-state index in [0.717, 1.165) is 12.8 Å². The normalized spacial score (nSPS) is 20.7. The lowest BCUT2D eigenvalue weighted by atomic mass is 10.1. The van der Waals surface area contributed by atoms with Gasteiger partial charge in [-0.2, -0.15) is 0 Å². The molecule has 1 heterocycles. The number of halogens is 1. The van der Waals surface area contributed by atoms with Gasteiger partial charge in [0.25, 0.3) is 0 Å². The lowest BCUT2D eigenvalue weighted by Crippen LogP contribution is -2.41. The minimum atomic E-state index is -3.08. The number of alkyl halides is 1. The Morgan fingerprint density at radius 1 is 1.40 bits per heavy atom. The zero-order valence-corrected chi connectivity index (χ0v) is 10.6. The maximum atomic E-state index is 11.8. The predicted molar refractivity (Wildman–Crippen MR) is 60.7 cm³/mol. The zero-order chi connectivity index (χ0) is 11.3. The Labute approximate surface area is 96.6 Å². The number of rotatable bonds is 5. The van der Waals surface area contributed by atoms with Crippen LogP contribution in [0.1, 0.15) is 19.3 Å². The lowest BCUT2D eigenvalue weighted by molar-refractivity contribution is 0.0604. The molecule has 0 aliphatic carbocycles. The Morgan fingerprint density at radius 2 is 2.00 bits per heavy atom. The van der Waals surface area contributed by atoms with Crippen molar-refractivity contribution in [2.45, 2.75) is 25.4 Å². The van der Waals surface area contributed by atoms with Crippen molar-refractivity contribution in [3.8, 4) is 0 Å². The van der Waals surface area contributed by atoms with Gasteiger partial charge in [-0.3, -0.25) is 0 Å². The van der Waals surface area contributed by atoms with Crippen molar-refractivity contribution in [3.63, 3.8) is 0 Å². The van der Waals surface area contributed by atoms with Crippen LogP contribution in [0.2, 0.25) is 0 Å². The quantitative estimate of drug-likeness (QED) is 0.690. The molecule has 0 unspecified atom stereocenters. The fourth-order valence-corrected chi connectivity index (χ4v) is 3.54. The highest BCUT2D eigenvalue weighted by atomic mass is 35.5. The number of hydrogen-bond donors (Lipinski definition) is 0. The molecule has 4 nitrogen and oxygen atoms in total. The molecule has 0 saturated carbocycles. The Kier molecular flexibility index (Phi) is 5.32. The molecule has 15 heavy (non-hydrogen) atoms. The number of ether oxygens (including phenoxy) is 1. The van der Waals surface area contributed by atoms with Crippen LogP contribution in [0.3, 0.4) is 0 Å². The van der Waals surface area contributed by atoms with Crippen LogP contribution in [-0.4, -0.2) is 50.7 Å². The second-order valence-electron chi connectivity index (χ2n) is 3.69. The van der Waals surface area contributed by atoms with E-state index in [-0.39, 0.29) is 11.9 Å². The zero-order valence-electron chi connectivity index (χ0n) is 8.99. The average molecular weight is 256 g/mol. The molecule has 0 aromatic carbocycles. The van der Waals surface area contributed by atoms with E-state index < -0.39 is 10.0 Å². The largest absolute Gasteiger partial charge is 0.381 e. The number of methoxy groups -OCH3 is 1. The van der Waals surface area contributed by atoms with Gasteiger partial charge in [0.1, 0.15) is 0 Å². The standard InChI is InChI=1S/C9H18ClNO3S/c1-14-9-3-6-11(7-4-9)15(12,13)8-2-5-10/h9H,2-8H2,1H3. The molecule has 0 N–H and O–H groups in total. The fourth-order valence-electron chi connectivity index (χ4n) is 1.71. The summed E-state index contributed by atoms with van der Waals surface area (Å²) in [7, 11) is -1.41. The number of nitrogens with zero attached hydrogens (tertiary/aromatic N) is 1. The second kappa shape index (κ2) is 6.03. The van der Waals surface area contributed by atoms with Crippen molar-refractivity contribution in [2.24, 2.45) is 0 Å². The highest BCUT2D eigenvalue weighted by Crippen LogP contribution is 2.16. The van der Waals surface area contributed by atoms with Gasteiger partial charge < -0.3 is 4.74 Å². The molecule has 1 fully saturated rings. The van der Waals surface area contributed by atoms with Crippen LogP contribution >= 0.6 is 11.6 Å². The summed E-state index contributed by atoms with van der Waals surface area (Å²) in [5.74, 6) is 0.557. The molecule has 0 radical (unpaired) electrons. The molecule has 6 heteroatoms. The average Bonchev–Trinajstić information content (AvgIpc) is 2.26. The van der Waals surface area contributed by atoms with Crippen molar-refractivity contribution >= 4 is 21.6 Å². The third-order valence-corrected chi connectivity index (χ3v) is 4.89. The van der Waals surface area contributed by atoms with E-state index in [4.69, 9.17) is 16.3 Å². The van der Waals surface area contributed by atoms with Gasteiger partial charge in [-0.1, -0.05) is 0 Å². The molecule has 0 aromatic rings. The Hall–Kier alpha value is 0.160. The van der Waals surface area contributed by atoms with E-state index in [1.54, 1.807) is 11.4 Å². The van der Waals surface area contributed by atoms with Crippen LogP contribution in [0.5, 0.6) is 0 Å². The third-order valence-electron chi connectivity index (χ3n) is 2.66. The monoisotopic (exact) mass is 255 g/mol. The molecular formula is C9H18ClNO3S. The molecule has 0 atom stereocenters. The first-order chi connectivity index (χ1) is 7.10. The number of hydrogen-bond acceptors (Lipinski definition) is 3. The number of sulfonamides is 1. The first-order valence-corrected chi connectivity index (χ1v) is 7.31. The fraction of sp³-hybridized carbons (Fsp3) is 1.00. The molecule has 1 aliphatic heterocycles. The Bertz CT molecular complexity index is 273. The summed E-state index contributed by atoms with van der Waals surface area (Å²) >= 11 is 5.49. The summed E-state index contributed by atoms with van der Waals surface area (Å²) in [5, 5.41) is 0. The number of piperidine rings is 1. The van der Waals surface area contributed by atoms with Crippen molar-refractivity contribution in [2.75, 3.05) is 31.8 Å². The van der Waals surface area contributed by atoms with Gasteiger partial charge in [-0.05, 0) is 19.3 Å². The van der Waals surface area contributed by atoms with E-state index in [9.17, 15) is 8.42 Å². The van der Waals surface area contributed by atoms with Gasteiger partial charge in [-0.25, -0.2) is 12.7 Å². The topological polar surface area (TPSA) is 46.6 Å². The minimum Gasteiger partial charge on any atom is -0.381 e. The van der Waals surface area contributed by atoms with Crippen molar-refractivity contribution in [1.29, 1.82) is 0 Å². The van der Waals surface area contributed by atoms with Crippen LogP contribution in [0.4, 0.5) is 0 Å². The summed E-state index contributed by atoms with van der Waals surface area (Å²) in [6, 6.07) is 0. The molecular weight excluding hydrogens is 238 g/mol. The van der Waals surface area contributed by atoms with E-state index in [2.05, 4.69) is 0 Å². The van der Waals surface area contributed by atoms with E-state index in [0.29, 0.717) is 25.4 Å². The Morgan fingerprint density at radius 3 is 2.47 bits per heavy atom. The first kappa shape index (κ1) is 13.2. The first-order valence-electron chi connectivity index (χ1n) is 5.16.